The van der Waals surface area contributed by atoms with E-state index >= 15 is 0 Å². The summed E-state index contributed by atoms with van der Waals surface area (Å²) >= 11 is 3.35. The highest BCUT2D eigenvalue weighted by atomic mass is 79.9. The van der Waals surface area contributed by atoms with Gasteiger partial charge >= 0.3 is 0 Å². The number of carbonyl (C=O) groups is 2. The van der Waals surface area contributed by atoms with Gasteiger partial charge in [-0.15, -0.1) is 12.4 Å². The lowest BCUT2D eigenvalue weighted by molar-refractivity contribution is -0.124. The Morgan fingerprint density at radius 3 is 2.56 bits per heavy atom. The van der Waals surface area contributed by atoms with Crippen molar-refractivity contribution in [3.63, 3.8) is 0 Å². The average molecular weight is 435 g/mol. The van der Waals surface area contributed by atoms with Gasteiger partial charge in [0, 0.05) is 30.0 Å². The highest BCUT2D eigenvalue weighted by Gasteiger charge is 2.28. The molecule has 25 heavy (non-hydrogen) atoms. The summed E-state index contributed by atoms with van der Waals surface area (Å²) in [5, 5.41) is 18.5. The number of hydrogen-bond acceptors (Lipinski definition) is 4. The van der Waals surface area contributed by atoms with Crippen LogP contribution in [0.15, 0.2) is 28.7 Å². The third-order valence-electron chi connectivity index (χ3n) is 4.20. The van der Waals surface area contributed by atoms with E-state index in [4.69, 9.17) is 0 Å². The summed E-state index contributed by atoms with van der Waals surface area (Å²) in [7, 11) is 0. The van der Waals surface area contributed by atoms with E-state index in [1.807, 2.05) is 19.9 Å². The van der Waals surface area contributed by atoms with E-state index in [2.05, 4.69) is 31.9 Å². The number of halogens is 2. The van der Waals surface area contributed by atoms with E-state index in [1.54, 1.807) is 18.2 Å². The molecule has 3 unspecified atom stereocenters. The molecule has 0 bridgehead atoms. The van der Waals surface area contributed by atoms with E-state index in [0.29, 0.717) is 29.7 Å². The van der Waals surface area contributed by atoms with E-state index in [-0.39, 0.29) is 36.1 Å². The quantitative estimate of drug-likeness (QED) is 0.544. The fourth-order valence-electron chi connectivity index (χ4n) is 2.67. The highest BCUT2D eigenvalue weighted by molar-refractivity contribution is 9.10. The summed E-state index contributed by atoms with van der Waals surface area (Å²) in [4.78, 5) is 24.9. The third-order valence-corrected chi connectivity index (χ3v) is 4.89. The van der Waals surface area contributed by atoms with Crippen LogP contribution in [-0.2, 0) is 4.79 Å². The number of amides is 2. The van der Waals surface area contributed by atoms with Crippen LogP contribution in [0, 0.1) is 11.8 Å². The van der Waals surface area contributed by atoms with Crippen LogP contribution in [0.3, 0.4) is 0 Å². The Bertz CT molecular complexity index is 600. The number of benzene rings is 1. The average Bonchev–Trinajstić information content (AvgIpc) is 2.95. The van der Waals surface area contributed by atoms with Crippen LogP contribution in [0.25, 0.3) is 0 Å². The predicted octanol–water partition coefficient (Wildman–Crippen LogP) is 1.32. The Morgan fingerprint density at radius 1 is 1.32 bits per heavy atom. The monoisotopic (exact) mass is 433 g/mol. The third kappa shape index (κ3) is 5.95. The molecule has 1 heterocycles. The molecule has 1 aliphatic heterocycles. The van der Waals surface area contributed by atoms with Gasteiger partial charge in [0.2, 0.25) is 5.91 Å². The van der Waals surface area contributed by atoms with Crippen molar-refractivity contribution in [1.82, 2.24) is 16.0 Å². The van der Waals surface area contributed by atoms with Crippen molar-refractivity contribution < 1.29 is 14.7 Å². The Morgan fingerprint density at radius 2 is 2.00 bits per heavy atom. The zero-order chi connectivity index (χ0) is 17.7. The topological polar surface area (TPSA) is 90.5 Å². The number of rotatable bonds is 6. The molecule has 0 radical (unpaired) electrons. The lowest BCUT2D eigenvalue weighted by Crippen LogP contribution is -2.51. The summed E-state index contributed by atoms with van der Waals surface area (Å²) < 4.78 is 0.686. The Labute approximate surface area is 162 Å². The molecule has 0 aliphatic carbocycles. The van der Waals surface area contributed by atoms with Gasteiger partial charge < -0.3 is 21.1 Å². The fraction of sp³-hybridized carbons (Fsp3) is 0.529. The molecule has 1 aromatic carbocycles. The largest absolute Gasteiger partial charge is 0.391 e. The van der Waals surface area contributed by atoms with Crippen molar-refractivity contribution in [2.45, 2.75) is 26.0 Å². The first-order valence-corrected chi connectivity index (χ1v) is 8.91. The molecule has 1 saturated heterocycles. The minimum Gasteiger partial charge on any atom is -0.391 e. The summed E-state index contributed by atoms with van der Waals surface area (Å²) in [6.07, 6.45) is -0.447. The van der Waals surface area contributed by atoms with Crippen LogP contribution in [0.1, 0.15) is 24.2 Å². The normalized spacial score (nSPS) is 20.7. The van der Waals surface area contributed by atoms with Gasteiger partial charge in [-0.1, -0.05) is 26.0 Å². The van der Waals surface area contributed by atoms with Gasteiger partial charge in [0.05, 0.1) is 11.7 Å². The van der Waals surface area contributed by atoms with Gasteiger partial charge in [-0.2, -0.15) is 0 Å². The standard InChI is InChI=1S/C17H24BrN3O3.ClH/c1-10(2)15(17(24)20-8-11-7-19-9-14(11)22)21-16(23)12-5-3-4-6-13(12)18;/h3-6,10-11,14-15,19,22H,7-9H2,1-2H3,(H,20,24)(H,21,23);1H. The fourth-order valence-corrected chi connectivity index (χ4v) is 3.13. The Balaban J connectivity index is 0.00000312. The van der Waals surface area contributed by atoms with Crippen molar-refractivity contribution in [2.75, 3.05) is 19.6 Å². The van der Waals surface area contributed by atoms with Crippen LogP contribution in [0.2, 0.25) is 0 Å². The SMILES string of the molecule is CC(C)C(NC(=O)c1ccccc1Br)C(=O)NCC1CNCC1O.Cl. The van der Waals surface area contributed by atoms with Crippen molar-refractivity contribution >= 4 is 40.2 Å². The first kappa shape index (κ1) is 21.9. The van der Waals surface area contributed by atoms with Gasteiger partial charge in [0.1, 0.15) is 6.04 Å². The zero-order valence-electron chi connectivity index (χ0n) is 14.3. The molecule has 1 fully saturated rings. The van der Waals surface area contributed by atoms with Crippen molar-refractivity contribution in [3.05, 3.63) is 34.3 Å². The minimum absolute atomic E-state index is 0. The summed E-state index contributed by atoms with van der Waals surface area (Å²) in [6.45, 7) is 5.39. The van der Waals surface area contributed by atoms with Gasteiger partial charge in [0.25, 0.3) is 5.91 Å². The van der Waals surface area contributed by atoms with Crippen LogP contribution < -0.4 is 16.0 Å². The second kappa shape index (κ2) is 10.1. The van der Waals surface area contributed by atoms with Crippen LogP contribution in [0.5, 0.6) is 0 Å². The highest BCUT2D eigenvalue weighted by Crippen LogP contribution is 2.16. The van der Waals surface area contributed by atoms with Gasteiger partial charge in [0.15, 0.2) is 0 Å². The predicted molar refractivity (Wildman–Crippen MR) is 103 cm³/mol. The van der Waals surface area contributed by atoms with Gasteiger partial charge in [-0.25, -0.2) is 0 Å². The van der Waals surface area contributed by atoms with E-state index in [9.17, 15) is 14.7 Å². The lowest BCUT2D eigenvalue weighted by Gasteiger charge is -2.23. The molecule has 3 atom stereocenters. The number of β-amino-alcohol motifs (C(OH)–C–C–N with tert-alkyl or cyclic N) is 1. The second-order valence-electron chi connectivity index (χ2n) is 6.41. The number of carbonyl (C=O) groups excluding carboxylic acids is 2. The van der Waals surface area contributed by atoms with E-state index < -0.39 is 12.1 Å². The molecule has 4 N–H and O–H groups in total. The number of aliphatic hydroxyl groups is 1. The Kier molecular flexibility index (Phi) is 8.85. The lowest BCUT2D eigenvalue weighted by atomic mass is 10.0. The van der Waals surface area contributed by atoms with Crippen LogP contribution in [0.4, 0.5) is 0 Å². The molecule has 2 rings (SSSR count). The molecule has 2 amide bonds. The summed E-state index contributed by atoms with van der Waals surface area (Å²) in [5.74, 6) is -0.577. The first-order valence-electron chi connectivity index (χ1n) is 8.12. The molecule has 0 spiro atoms. The van der Waals surface area contributed by atoms with E-state index in [1.165, 1.54) is 0 Å². The number of nitrogens with one attached hydrogen (secondary N) is 3. The molecular weight excluding hydrogens is 410 g/mol. The van der Waals surface area contributed by atoms with Gasteiger partial charge in [-0.05, 0) is 34.0 Å². The molecule has 8 heteroatoms. The molecule has 0 saturated carbocycles. The maximum atomic E-state index is 12.5. The summed E-state index contributed by atoms with van der Waals surface area (Å²) in [5.41, 5.74) is 0.492. The molecule has 1 aromatic rings. The van der Waals surface area contributed by atoms with Crippen molar-refractivity contribution in [2.24, 2.45) is 11.8 Å². The van der Waals surface area contributed by atoms with Crippen molar-refractivity contribution in [1.29, 1.82) is 0 Å². The minimum atomic E-state index is -0.629. The van der Waals surface area contributed by atoms with Crippen molar-refractivity contribution in [3.8, 4) is 0 Å². The van der Waals surface area contributed by atoms with Crippen LogP contribution >= 0.6 is 28.3 Å². The van der Waals surface area contributed by atoms with Gasteiger partial charge in [-0.3, -0.25) is 9.59 Å². The summed E-state index contributed by atoms with van der Waals surface area (Å²) in [6, 6.07) is 6.46. The molecule has 6 nitrogen and oxygen atoms in total. The van der Waals surface area contributed by atoms with E-state index in [0.717, 1.165) is 0 Å². The maximum Gasteiger partial charge on any atom is 0.253 e. The zero-order valence-corrected chi connectivity index (χ0v) is 16.7. The number of aliphatic hydroxyl groups excluding tert-OH is 1. The smallest absolute Gasteiger partial charge is 0.253 e. The molecule has 140 valence electrons. The number of hydrogen-bond donors (Lipinski definition) is 4. The molecule has 0 aromatic heterocycles. The first-order chi connectivity index (χ1) is 11.4. The second-order valence-corrected chi connectivity index (χ2v) is 7.26. The Hall–Kier alpha value is -1.15. The maximum absolute atomic E-state index is 12.5. The van der Waals surface area contributed by atoms with Crippen LogP contribution in [-0.4, -0.2) is 48.7 Å². The molecular formula is C17H25BrClN3O3. The molecule has 1 aliphatic rings.